The lowest BCUT2D eigenvalue weighted by atomic mass is 9.96. The van der Waals surface area contributed by atoms with Crippen molar-refractivity contribution in [2.24, 2.45) is 0 Å². The van der Waals surface area contributed by atoms with Gasteiger partial charge in [0, 0.05) is 6.08 Å². The Morgan fingerprint density at radius 3 is 2.50 bits per heavy atom. The first-order chi connectivity index (χ1) is 7.59. The minimum atomic E-state index is -0.364. The second kappa shape index (κ2) is 3.77. The van der Waals surface area contributed by atoms with E-state index in [0.717, 1.165) is 16.7 Å². The molecule has 0 bridgehead atoms. The van der Waals surface area contributed by atoms with Crippen LogP contribution in [0.4, 0.5) is 0 Å². The van der Waals surface area contributed by atoms with Crippen molar-refractivity contribution in [1.82, 2.24) is 5.32 Å². The van der Waals surface area contributed by atoms with Crippen LogP contribution in [0, 0.1) is 0 Å². The number of rotatable bonds is 2. The van der Waals surface area contributed by atoms with E-state index in [0.29, 0.717) is 5.57 Å². The molecule has 80 valence electrons. The van der Waals surface area contributed by atoms with Gasteiger partial charge in [0.2, 0.25) is 0 Å². The van der Waals surface area contributed by atoms with E-state index in [4.69, 9.17) is 0 Å². The molecule has 0 atom stereocenters. The molecule has 1 aromatic carbocycles. The predicted molar refractivity (Wildman–Crippen MR) is 62.3 cm³/mol. The van der Waals surface area contributed by atoms with Crippen LogP contribution in [0.1, 0.15) is 18.1 Å². The minimum absolute atomic E-state index is 0.348. The lowest BCUT2D eigenvalue weighted by molar-refractivity contribution is -0.123. The summed E-state index contributed by atoms with van der Waals surface area (Å²) in [7, 11) is 0. The average molecular weight is 213 g/mol. The molecular formula is C13H11NO2. The van der Waals surface area contributed by atoms with Crippen LogP contribution in [0.25, 0.3) is 11.1 Å². The number of carbonyl (C=O) groups excluding carboxylic acids is 2. The van der Waals surface area contributed by atoms with Gasteiger partial charge >= 0.3 is 0 Å². The molecule has 1 heterocycles. The van der Waals surface area contributed by atoms with Gasteiger partial charge in [-0.1, -0.05) is 36.4 Å². The largest absolute Gasteiger partial charge is 0.289 e. The molecule has 0 saturated carbocycles. The first kappa shape index (κ1) is 10.4. The van der Waals surface area contributed by atoms with Gasteiger partial charge in [-0.3, -0.25) is 14.9 Å². The molecule has 1 aliphatic rings. The smallest absolute Gasteiger partial charge is 0.258 e. The molecule has 3 heteroatoms. The van der Waals surface area contributed by atoms with E-state index in [1.165, 1.54) is 6.08 Å². The molecule has 0 radical (unpaired) electrons. The van der Waals surface area contributed by atoms with Crippen molar-refractivity contribution >= 4 is 23.0 Å². The van der Waals surface area contributed by atoms with Crippen LogP contribution in [-0.4, -0.2) is 11.8 Å². The van der Waals surface area contributed by atoms with E-state index in [2.05, 4.69) is 11.9 Å². The van der Waals surface area contributed by atoms with Crippen molar-refractivity contribution in [3.05, 3.63) is 48.0 Å². The average Bonchev–Trinajstić information content (AvgIpc) is 2.57. The second-order valence-electron chi connectivity index (χ2n) is 3.70. The molecule has 0 spiro atoms. The Morgan fingerprint density at radius 2 is 1.94 bits per heavy atom. The van der Waals surface area contributed by atoms with E-state index in [1.54, 1.807) is 0 Å². The van der Waals surface area contributed by atoms with Crippen LogP contribution in [0.5, 0.6) is 0 Å². The van der Waals surface area contributed by atoms with Crippen LogP contribution < -0.4 is 5.32 Å². The Kier molecular flexibility index (Phi) is 2.44. The third kappa shape index (κ3) is 1.67. The van der Waals surface area contributed by atoms with Crippen molar-refractivity contribution in [3.63, 3.8) is 0 Å². The molecule has 1 aromatic rings. The molecule has 2 amide bonds. The number of amides is 2. The fourth-order valence-corrected chi connectivity index (χ4v) is 1.70. The number of allylic oxidation sites excluding steroid dienone is 1. The highest BCUT2D eigenvalue weighted by molar-refractivity contribution is 6.34. The minimum Gasteiger partial charge on any atom is -0.289 e. The Hall–Kier alpha value is -2.16. The fraction of sp³-hybridized carbons (Fsp3) is 0.0769. The second-order valence-corrected chi connectivity index (χ2v) is 3.70. The third-order valence-corrected chi connectivity index (χ3v) is 2.43. The zero-order valence-corrected chi connectivity index (χ0v) is 8.91. The summed E-state index contributed by atoms with van der Waals surface area (Å²) >= 11 is 0. The zero-order chi connectivity index (χ0) is 11.7. The lowest BCUT2D eigenvalue weighted by Crippen LogP contribution is -2.21. The third-order valence-electron chi connectivity index (χ3n) is 2.43. The van der Waals surface area contributed by atoms with Gasteiger partial charge in [-0.15, -0.1) is 0 Å². The summed E-state index contributed by atoms with van der Waals surface area (Å²) in [6.07, 6.45) is 1.32. The lowest BCUT2D eigenvalue weighted by Gasteiger charge is -2.08. The van der Waals surface area contributed by atoms with Crippen molar-refractivity contribution in [1.29, 1.82) is 0 Å². The van der Waals surface area contributed by atoms with Crippen molar-refractivity contribution in [2.45, 2.75) is 6.92 Å². The van der Waals surface area contributed by atoms with Gasteiger partial charge in [0.25, 0.3) is 11.8 Å². The Labute approximate surface area is 93.5 Å². The normalized spacial score (nSPS) is 14.7. The van der Waals surface area contributed by atoms with Crippen LogP contribution in [0.3, 0.4) is 0 Å². The monoisotopic (exact) mass is 213 g/mol. The SMILES string of the molecule is C=C(C)c1ccccc1C1=CC(=O)NC1=O. The van der Waals surface area contributed by atoms with Crippen LogP contribution in [0.2, 0.25) is 0 Å². The topological polar surface area (TPSA) is 46.2 Å². The van der Waals surface area contributed by atoms with Gasteiger partial charge in [0.15, 0.2) is 0 Å². The summed E-state index contributed by atoms with van der Waals surface area (Å²) in [6, 6.07) is 7.41. The fourth-order valence-electron chi connectivity index (χ4n) is 1.70. The van der Waals surface area contributed by atoms with E-state index >= 15 is 0 Å². The van der Waals surface area contributed by atoms with Gasteiger partial charge in [-0.2, -0.15) is 0 Å². The maximum absolute atomic E-state index is 11.5. The van der Waals surface area contributed by atoms with Crippen LogP contribution in [0.15, 0.2) is 36.9 Å². The summed E-state index contributed by atoms with van der Waals surface area (Å²) in [5, 5.41) is 2.23. The molecule has 0 saturated heterocycles. The Bertz CT molecular complexity index is 526. The first-order valence-electron chi connectivity index (χ1n) is 4.92. The number of carbonyl (C=O) groups is 2. The van der Waals surface area contributed by atoms with Crippen molar-refractivity contribution in [2.75, 3.05) is 0 Å². The number of hydrogen-bond acceptors (Lipinski definition) is 2. The summed E-state index contributed by atoms with van der Waals surface area (Å²) in [6.45, 7) is 5.73. The van der Waals surface area contributed by atoms with Gasteiger partial charge in [0.1, 0.15) is 0 Å². The van der Waals surface area contributed by atoms with Gasteiger partial charge in [-0.25, -0.2) is 0 Å². The van der Waals surface area contributed by atoms with Gasteiger partial charge in [0.05, 0.1) is 5.57 Å². The van der Waals surface area contributed by atoms with Crippen molar-refractivity contribution < 1.29 is 9.59 Å². The van der Waals surface area contributed by atoms with Gasteiger partial charge < -0.3 is 0 Å². The highest BCUT2D eigenvalue weighted by Gasteiger charge is 2.23. The van der Waals surface area contributed by atoms with Gasteiger partial charge in [-0.05, 0) is 18.1 Å². The molecule has 2 rings (SSSR count). The molecule has 16 heavy (non-hydrogen) atoms. The Morgan fingerprint density at radius 1 is 1.25 bits per heavy atom. The molecule has 1 N–H and O–H groups in total. The van der Waals surface area contributed by atoms with E-state index in [-0.39, 0.29) is 11.8 Å². The summed E-state index contributed by atoms with van der Waals surface area (Å²) in [4.78, 5) is 22.6. The van der Waals surface area contributed by atoms with E-state index in [9.17, 15) is 9.59 Å². The molecule has 0 aromatic heterocycles. The van der Waals surface area contributed by atoms with Crippen LogP contribution >= 0.6 is 0 Å². The van der Waals surface area contributed by atoms with E-state index < -0.39 is 0 Å². The number of nitrogens with one attached hydrogen (secondary N) is 1. The predicted octanol–water partition coefficient (Wildman–Crippen LogP) is 1.76. The first-order valence-corrected chi connectivity index (χ1v) is 4.92. The molecule has 1 aliphatic heterocycles. The highest BCUT2D eigenvalue weighted by atomic mass is 16.2. The summed E-state index contributed by atoms with van der Waals surface area (Å²) in [5.41, 5.74) is 2.91. The molecule has 3 nitrogen and oxygen atoms in total. The molecule has 0 fully saturated rings. The maximum atomic E-state index is 11.5. The number of imide groups is 1. The molecular weight excluding hydrogens is 202 g/mol. The number of hydrogen-bond donors (Lipinski definition) is 1. The quantitative estimate of drug-likeness (QED) is 0.761. The molecule has 0 unspecified atom stereocenters. The standard InChI is InChI=1S/C13H11NO2/c1-8(2)9-5-3-4-6-10(9)11-7-12(15)14-13(11)16/h3-7H,1H2,2H3,(H,14,15,16). The van der Waals surface area contributed by atoms with Crippen LogP contribution in [-0.2, 0) is 9.59 Å². The number of benzene rings is 1. The Balaban J connectivity index is 2.57. The highest BCUT2D eigenvalue weighted by Crippen LogP contribution is 2.26. The summed E-state index contributed by atoms with van der Waals surface area (Å²) < 4.78 is 0. The van der Waals surface area contributed by atoms with E-state index in [1.807, 2.05) is 31.2 Å². The maximum Gasteiger partial charge on any atom is 0.258 e. The summed E-state index contributed by atoms with van der Waals surface area (Å²) in [5.74, 6) is -0.713. The molecule has 0 aliphatic carbocycles. The zero-order valence-electron chi connectivity index (χ0n) is 8.91. The van der Waals surface area contributed by atoms with Crippen molar-refractivity contribution in [3.8, 4) is 0 Å².